The zero-order valence-electron chi connectivity index (χ0n) is 12.6. The van der Waals surface area contributed by atoms with E-state index in [0.717, 1.165) is 32.4 Å². The summed E-state index contributed by atoms with van der Waals surface area (Å²) < 4.78 is 5.04. The fraction of sp³-hybridized carbons (Fsp3) is 0.857. The van der Waals surface area contributed by atoms with Crippen LogP contribution in [0.5, 0.6) is 0 Å². The fourth-order valence-electron chi connectivity index (χ4n) is 2.35. The van der Waals surface area contributed by atoms with Gasteiger partial charge in [-0.3, -0.25) is 14.5 Å². The third kappa shape index (κ3) is 5.46. The molecule has 2 N–H and O–H groups in total. The van der Waals surface area contributed by atoms with Gasteiger partial charge in [-0.1, -0.05) is 0 Å². The van der Waals surface area contributed by atoms with Crippen LogP contribution in [0.2, 0.25) is 0 Å². The Hall–Kier alpha value is -1.14. The molecule has 1 aliphatic heterocycles. The lowest BCUT2D eigenvalue weighted by Gasteiger charge is -2.31. The summed E-state index contributed by atoms with van der Waals surface area (Å²) in [5.74, 6) is 0.0165. The van der Waals surface area contributed by atoms with Crippen molar-refractivity contribution in [1.29, 1.82) is 0 Å². The SMILES string of the molecule is CCOC(=O)C1CCN(CC(=O)N(C)CCCN)CC1. The van der Waals surface area contributed by atoms with Crippen LogP contribution in [0.1, 0.15) is 26.2 Å². The van der Waals surface area contributed by atoms with Gasteiger partial charge in [-0.05, 0) is 45.8 Å². The molecule has 6 nitrogen and oxygen atoms in total. The fourth-order valence-corrected chi connectivity index (χ4v) is 2.35. The molecule has 0 bridgehead atoms. The van der Waals surface area contributed by atoms with Crippen molar-refractivity contribution in [1.82, 2.24) is 9.80 Å². The van der Waals surface area contributed by atoms with E-state index < -0.39 is 0 Å². The molecule has 20 heavy (non-hydrogen) atoms. The topological polar surface area (TPSA) is 75.9 Å². The highest BCUT2D eigenvalue weighted by atomic mass is 16.5. The Kier molecular flexibility index (Phi) is 7.54. The second-order valence-electron chi connectivity index (χ2n) is 5.26. The normalized spacial score (nSPS) is 16.9. The Labute approximate surface area is 121 Å². The van der Waals surface area contributed by atoms with Crippen LogP contribution < -0.4 is 5.73 Å². The van der Waals surface area contributed by atoms with Gasteiger partial charge in [0.1, 0.15) is 0 Å². The average molecular weight is 285 g/mol. The minimum absolute atomic E-state index is 0.00345. The van der Waals surface area contributed by atoms with Gasteiger partial charge in [0, 0.05) is 13.6 Å². The number of piperidine rings is 1. The van der Waals surface area contributed by atoms with Crippen LogP contribution in [0, 0.1) is 5.92 Å². The van der Waals surface area contributed by atoms with Gasteiger partial charge in [-0.2, -0.15) is 0 Å². The Morgan fingerprint density at radius 1 is 1.35 bits per heavy atom. The quantitative estimate of drug-likeness (QED) is 0.670. The molecule has 1 rings (SSSR count). The summed E-state index contributed by atoms with van der Waals surface area (Å²) >= 11 is 0. The summed E-state index contributed by atoms with van der Waals surface area (Å²) in [6, 6.07) is 0. The number of hydrogen-bond acceptors (Lipinski definition) is 5. The van der Waals surface area contributed by atoms with Crippen molar-refractivity contribution >= 4 is 11.9 Å². The molecule has 116 valence electrons. The van der Waals surface area contributed by atoms with Crippen molar-refractivity contribution in [3.05, 3.63) is 0 Å². The largest absolute Gasteiger partial charge is 0.466 e. The molecule has 0 radical (unpaired) electrons. The Morgan fingerprint density at radius 2 is 2.00 bits per heavy atom. The Bertz CT molecular complexity index is 315. The molecule has 0 aromatic carbocycles. The van der Waals surface area contributed by atoms with Crippen molar-refractivity contribution in [2.45, 2.75) is 26.2 Å². The summed E-state index contributed by atoms with van der Waals surface area (Å²) in [6.45, 7) is 5.54. The molecule has 0 unspecified atom stereocenters. The molecule has 1 fully saturated rings. The maximum absolute atomic E-state index is 12.0. The predicted octanol–water partition coefficient (Wildman–Crippen LogP) is 0.0687. The van der Waals surface area contributed by atoms with E-state index in [1.165, 1.54) is 0 Å². The van der Waals surface area contributed by atoms with E-state index in [-0.39, 0.29) is 17.8 Å². The summed E-state index contributed by atoms with van der Waals surface area (Å²) in [6.07, 6.45) is 2.38. The number of carbonyl (C=O) groups is 2. The van der Waals surface area contributed by atoms with Crippen molar-refractivity contribution in [3.63, 3.8) is 0 Å². The zero-order chi connectivity index (χ0) is 15.0. The molecular formula is C14H27N3O3. The third-order valence-corrected chi connectivity index (χ3v) is 3.69. The molecule has 0 saturated carbocycles. The maximum Gasteiger partial charge on any atom is 0.309 e. The Morgan fingerprint density at radius 3 is 2.55 bits per heavy atom. The first kappa shape index (κ1) is 16.9. The molecule has 0 spiro atoms. The highest BCUT2D eigenvalue weighted by Crippen LogP contribution is 2.18. The highest BCUT2D eigenvalue weighted by Gasteiger charge is 2.27. The Balaban J connectivity index is 2.28. The van der Waals surface area contributed by atoms with Crippen molar-refractivity contribution in [3.8, 4) is 0 Å². The maximum atomic E-state index is 12.0. The lowest BCUT2D eigenvalue weighted by Crippen LogP contribution is -2.43. The number of carbonyl (C=O) groups excluding carboxylic acids is 2. The number of likely N-dealkylation sites (N-methyl/N-ethyl adjacent to an activating group) is 1. The molecule has 1 heterocycles. The molecule has 6 heteroatoms. The first-order chi connectivity index (χ1) is 9.58. The van der Waals surface area contributed by atoms with Crippen LogP contribution in [0.15, 0.2) is 0 Å². The smallest absolute Gasteiger partial charge is 0.309 e. The number of hydrogen-bond donors (Lipinski definition) is 1. The first-order valence-electron chi connectivity index (χ1n) is 7.41. The van der Waals surface area contributed by atoms with Crippen molar-refractivity contribution < 1.29 is 14.3 Å². The minimum Gasteiger partial charge on any atom is -0.466 e. The summed E-state index contributed by atoms with van der Waals surface area (Å²) in [4.78, 5) is 27.4. The van der Waals surface area contributed by atoms with E-state index in [9.17, 15) is 9.59 Å². The van der Waals surface area contributed by atoms with Crippen LogP contribution in [-0.2, 0) is 14.3 Å². The second-order valence-corrected chi connectivity index (χ2v) is 5.26. The number of rotatable bonds is 7. The lowest BCUT2D eigenvalue weighted by atomic mass is 9.97. The minimum atomic E-state index is -0.0986. The number of esters is 1. The number of nitrogens with zero attached hydrogens (tertiary/aromatic N) is 2. The van der Waals surface area contributed by atoms with Gasteiger partial charge in [0.15, 0.2) is 0 Å². The van der Waals surface area contributed by atoms with Gasteiger partial charge in [0.25, 0.3) is 0 Å². The van der Waals surface area contributed by atoms with E-state index in [2.05, 4.69) is 4.90 Å². The lowest BCUT2D eigenvalue weighted by molar-refractivity contribution is -0.149. The van der Waals surface area contributed by atoms with Gasteiger partial charge in [-0.25, -0.2) is 0 Å². The molecular weight excluding hydrogens is 258 g/mol. The standard InChI is InChI=1S/C14H27N3O3/c1-3-20-14(19)12-5-9-17(10-6-12)11-13(18)16(2)8-4-7-15/h12H,3-11,15H2,1-2H3. The predicted molar refractivity (Wildman–Crippen MR) is 77.1 cm³/mol. The molecule has 1 aliphatic rings. The van der Waals surface area contributed by atoms with Gasteiger partial charge >= 0.3 is 5.97 Å². The molecule has 0 aromatic rings. The third-order valence-electron chi connectivity index (χ3n) is 3.69. The van der Waals surface area contributed by atoms with Crippen molar-refractivity contribution in [2.75, 3.05) is 46.4 Å². The van der Waals surface area contributed by atoms with E-state index in [1.54, 1.807) is 4.90 Å². The van der Waals surface area contributed by atoms with E-state index in [1.807, 2.05) is 14.0 Å². The number of nitrogens with two attached hydrogens (primary N) is 1. The van der Waals surface area contributed by atoms with Crippen LogP contribution >= 0.6 is 0 Å². The van der Waals surface area contributed by atoms with Crippen LogP contribution in [-0.4, -0.2) is 68.1 Å². The van der Waals surface area contributed by atoms with Gasteiger partial charge in [0.05, 0.1) is 19.1 Å². The van der Waals surface area contributed by atoms with Gasteiger partial charge in [0.2, 0.25) is 5.91 Å². The summed E-state index contributed by atoms with van der Waals surface area (Å²) in [7, 11) is 1.81. The summed E-state index contributed by atoms with van der Waals surface area (Å²) in [5.41, 5.74) is 5.44. The van der Waals surface area contributed by atoms with Crippen LogP contribution in [0.4, 0.5) is 0 Å². The second kappa shape index (κ2) is 8.92. The summed E-state index contributed by atoms with van der Waals surface area (Å²) in [5, 5.41) is 0. The first-order valence-corrected chi connectivity index (χ1v) is 7.41. The number of ether oxygens (including phenoxy) is 1. The molecule has 1 saturated heterocycles. The monoisotopic (exact) mass is 285 g/mol. The molecule has 0 aliphatic carbocycles. The van der Waals surface area contributed by atoms with Crippen LogP contribution in [0.25, 0.3) is 0 Å². The van der Waals surface area contributed by atoms with Gasteiger partial charge in [-0.15, -0.1) is 0 Å². The molecule has 0 atom stereocenters. The van der Waals surface area contributed by atoms with Crippen LogP contribution in [0.3, 0.4) is 0 Å². The van der Waals surface area contributed by atoms with Crippen molar-refractivity contribution in [2.24, 2.45) is 11.7 Å². The number of amides is 1. The zero-order valence-corrected chi connectivity index (χ0v) is 12.6. The van der Waals surface area contributed by atoms with E-state index in [4.69, 9.17) is 10.5 Å². The van der Waals surface area contributed by atoms with E-state index >= 15 is 0 Å². The molecule has 0 aromatic heterocycles. The number of likely N-dealkylation sites (tertiary alicyclic amines) is 1. The molecule has 1 amide bonds. The highest BCUT2D eigenvalue weighted by molar-refractivity contribution is 5.78. The average Bonchev–Trinajstić information content (AvgIpc) is 2.45. The van der Waals surface area contributed by atoms with Gasteiger partial charge < -0.3 is 15.4 Å². The van der Waals surface area contributed by atoms with E-state index in [0.29, 0.717) is 26.2 Å².